The van der Waals surface area contributed by atoms with Crippen LogP contribution in [0.3, 0.4) is 0 Å². The number of aromatic nitrogens is 3. The minimum Gasteiger partial charge on any atom is -0.294 e. The van der Waals surface area contributed by atoms with E-state index in [9.17, 15) is 0 Å². The van der Waals surface area contributed by atoms with Crippen molar-refractivity contribution in [3.63, 3.8) is 0 Å². The molecular weight excluding hydrogens is 765 g/mol. The van der Waals surface area contributed by atoms with Crippen LogP contribution in [0.1, 0.15) is 45.7 Å². The van der Waals surface area contributed by atoms with Gasteiger partial charge < -0.3 is 0 Å². The second kappa shape index (κ2) is 13.1. The molecule has 3 aromatic heterocycles. The van der Waals surface area contributed by atoms with Gasteiger partial charge in [0.15, 0.2) is 0 Å². The zero-order valence-corrected chi connectivity index (χ0v) is 34.5. The Morgan fingerprint density at radius 3 is 1.97 bits per heavy atom. The van der Waals surface area contributed by atoms with Crippen molar-refractivity contribution in [2.45, 2.75) is 24.2 Å². The molecule has 1 aliphatic heterocycles. The Morgan fingerprint density at radius 1 is 0.540 bits per heavy atom. The maximum Gasteiger partial charge on any atom is 0.145 e. The molecule has 3 aliphatic carbocycles. The van der Waals surface area contributed by atoms with Gasteiger partial charge in [-0.15, -0.1) is 0 Å². The van der Waals surface area contributed by atoms with Gasteiger partial charge in [-0.2, -0.15) is 0 Å². The van der Waals surface area contributed by atoms with E-state index in [1.807, 2.05) is 6.20 Å². The van der Waals surface area contributed by atoms with Crippen LogP contribution in [-0.2, 0) is 11.8 Å². The molecule has 0 fully saturated rings. The van der Waals surface area contributed by atoms with E-state index in [1.54, 1.807) is 0 Å². The van der Waals surface area contributed by atoms with Gasteiger partial charge in [0.1, 0.15) is 11.5 Å². The monoisotopic (exact) mass is 804 g/mol. The third kappa shape index (κ3) is 4.75. The first-order chi connectivity index (χ1) is 31.3. The molecule has 0 amide bonds. The Morgan fingerprint density at radius 2 is 1.19 bits per heavy atom. The molecule has 296 valence electrons. The number of aryl methyl sites for hydroxylation is 1. The molecule has 7 aromatic carbocycles. The molecular formula is C59H40N4. The topological polar surface area (TPSA) is 35.1 Å². The van der Waals surface area contributed by atoms with Gasteiger partial charge in [0.25, 0.3) is 0 Å². The number of aliphatic imine (C=N–C) groups is 1. The van der Waals surface area contributed by atoms with Gasteiger partial charge in [-0.3, -0.25) is 9.13 Å². The van der Waals surface area contributed by atoms with E-state index in [0.29, 0.717) is 0 Å². The van der Waals surface area contributed by atoms with Gasteiger partial charge in [0.05, 0.1) is 16.4 Å². The van der Waals surface area contributed by atoms with E-state index in [2.05, 4.69) is 210 Å². The first kappa shape index (κ1) is 34.8. The van der Waals surface area contributed by atoms with Gasteiger partial charge in [0, 0.05) is 57.3 Å². The number of hydrogen-bond donors (Lipinski definition) is 0. The maximum absolute atomic E-state index is 4.98. The van der Waals surface area contributed by atoms with Gasteiger partial charge in [-0.05, 0) is 135 Å². The first-order valence-electron chi connectivity index (χ1n) is 22.2. The summed E-state index contributed by atoms with van der Waals surface area (Å²) in [5.74, 6) is 1.45. The van der Waals surface area contributed by atoms with Gasteiger partial charge >= 0.3 is 0 Å². The van der Waals surface area contributed by atoms with E-state index in [4.69, 9.17) is 9.98 Å². The largest absolute Gasteiger partial charge is 0.294 e. The highest BCUT2D eigenvalue weighted by Crippen LogP contribution is 2.66. The number of allylic oxidation sites excluding steroid dienone is 4. The minimum atomic E-state index is -0.370. The minimum absolute atomic E-state index is 0.169. The van der Waals surface area contributed by atoms with Crippen LogP contribution >= 0.6 is 0 Å². The van der Waals surface area contributed by atoms with Crippen LogP contribution < -0.4 is 0 Å². The smallest absolute Gasteiger partial charge is 0.145 e. The fraction of sp³-hybridized carbons (Fsp3) is 0.0847. The zero-order chi connectivity index (χ0) is 41.2. The second-order valence-corrected chi connectivity index (χ2v) is 17.6. The van der Waals surface area contributed by atoms with Crippen LogP contribution in [0.2, 0.25) is 0 Å². The Kier molecular flexibility index (Phi) is 7.24. The third-order valence-corrected chi connectivity index (χ3v) is 14.6. The summed E-state index contributed by atoms with van der Waals surface area (Å²) in [5.41, 5.74) is 19.9. The van der Waals surface area contributed by atoms with Crippen molar-refractivity contribution in [2.75, 3.05) is 0 Å². The Balaban J connectivity index is 0.957. The van der Waals surface area contributed by atoms with E-state index in [0.717, 1.165) is 46.6 Å². The summed E-state index contributed by atoms with van der Waals surface area (Å²) in [7, 11) is 0. The number of rotatable bonds is 4. The number of nitrogens with zero attached hydrogens (tertiary/aromatic N) is 4. The summed E-state index contributed by atoms with van der Waals surface area (Å²) in [4.78, 5) is 9.88. The zero-order valence-electron chi connectivity index (χ0n) is 34.5. The molecule has 0 saturated carbocycles. The fourth-order valence-electron chi connectivity index (χ4n) is 12.0. The molecule has 10 aromatic rings. The lowest BCUT2D eigenvalue weighted by atomic mass is 9.64. The third-order valence-electron chi connectivity index (χ3n) is 14.6. The highest BCUT2D eigenvalue weighted by Gasteiger charge is 2.57. The molecule has 0 radical (unpaired) electrons. The van der Waals surface area contributed by atoms with Gasteiger partial charge in [-0.1, -0.05) is 127 Å². The Hall–Kier alpha value is -7.82. The van der Waals surface area contributed by atoms with Crippen molar-refractivity contribution in [1.82, 2.24) is 14.1 Å². The van der Waals surface area contributed by atoms with Crippen molar-refractivity contribution >= 4 is 50.4 Å². The molecule has 0 saturated heterocycles. The van der Waals surface area contributed by atoms with Gasteiger partial charge in [0.2, 0.25) is 0 Å². The van der Waals surface area contributed by atoms with Crippen molar-refractivity contribution in [3.05, 3.63) is 234 Å². The molecule has 63 heavy (non-hydrogen) atoms. The lowest BCUT2D eigenvalue weighted by Crippen LogP contribution is -2.33. The predicted octanol–water partition coefficient (Wildman–Crippen LogP) is 14.1. The summed E-state index contributed by atoms with van der Waals surface area (Å²) in [6, 6.07) is 65.3. The predicted molar refractivity (Wildman–Crippen MR) is 259 cm³/mol. The SMILES string of the molecule is C1=CC2c3ccc(-c4ccc5c(c4)c4c(n5-c5ccccc5)N=CCC4)cc3C3(c4ccccc4-c4ccccc43)C2C=C1c1ccc2c(c1)c1cccnc1n2-c1ccccc1. The molecule has 0 bridgehead atoms. The average Bonchev–Trinajstić information content (AvgIpc) is 4.06. The number of pyridine rings is 1. The van der Waals surface area contributed by atoms with E-state index in [-0.39, 0.29) is 17.3 Å². The highest BCUT2D eigenvalue weighted by atomic mass is 15.1. The van der Waals surface area contributed by atoms with Crippen molar-refractivity contribution in [1.29, 1.82) is 0 Å². The number of hydrogen-bond acceptors (Lipinski definition) is 2. The van der Waals surface area contributed by atoms with Crippen LogP contribution in [0, 0.1) is 5.92 Å². The van der Waals surface area contributed by atoms with E-state index >= 15 is 0 Å². The number of para-hydroxylation sites is 2. The molecule has 2 atom stereocenters. The normalized spacial score (nSPS) is 17.5. The van der Waals surface area contributed by atoms with Crippen molar-refractivity contribution in [3.8, 4) is 33.6 Å². The molecule has 14 rings (SSSR count). The molecule has 4 nitrogen and oxygen atoms in total. The molecule has 4 heterocycles. The Bertz CT molecular complexity index is 3590. The van der Waals surface area contributed by atoms with Crippen molar-refractivity contribution in [2.24, 2.45) is 10.9 Å². The first-order valence-corrected chi connectivity index (χ1v) is 22.2. The van der Waals surface area contributed by atoms with Crippen LogP contribution in [0.15, 0.2) is 205 Å². The lowest BCUT2D eigenvalue weighted by molar-refractivity contribution is 0.467. The summed E-state index contributed by atoms with van der Waals surface area (Å²) in [5, 5.41) is 3.67. The number of benzene rings is 7. The Labute approximate surface area is 365 Å². The average molecular weight is 805 g/mol. The fourth-order valence-corrected chi connectivity index (χ4v) is 12.0. The second-order valence-electron chi connectivity index (χ2n) is 17.6. The standard InChI is InChI=1S/C59H40N4/c1-3-13-41(14-4-1)62-55-29-25-37(33-49(55)47-19-11-31-60-57(47)62)39-23-27-45-46-28-24-40(36-54(46)59(53(45)35-39)51-21-9-7-17-43(51)44-18-8-10-22-52(44)59)38-26-30-56-50(34-38)48-20-12-32-61-58(48)63(56)42-15-5-2-6-16-42/h1-11,13-19,21-36,45,53H,12,20H2. The van der Waals surface area contributed by atoms with Crippen molar-refractivity contribution < 1.29 is 0 Å². The maximum atomic E-state index is 4.98. The summed E-state index contributed by atoms with van der Waals surface area (Å²) in [6.07, 6.45) is 13.4. The molecule has 4 heteroatoms. The molecule has 4 aliphatic rings. The van der Waals surface area contributed by atoms with Crippen LogP contribution in [0.5, 0.6) is 0 Å². The molecule has 1 spiro atoms. The van der Waals surface area contributed by atoms with Gasteiger partial charge in [-0.25, -0.2) is 9.98 Å². The summed E-state index contributed by atoms with van der Waals surface area (Å²) in [6.45, 7) is 0. The van der Waals surface area contributed by atoms with Crippen LogP contribution in [0.4, 0.5) is 5.82 Å². The quantitative estimate of drug-likeness (QED) is 0.174. The van der Waals surface area contributed by atoms with Crippen LogP contribution in [-0.4, -0.2) is 20.3 Å². The highest BCUT2D eigenvalue weighted by molar-refractivity contribution is 6.09. The van der Waals surface area contributed by atoms with E-state index in [1.165, 1.54) is 77.5 Å². The lowest BCUT2D eigenvalue weighted by Gasteiger charge is -2.37. The molecule has 2 unspecified atom stereocenters. The summed E-state index contributed by atoms with van der Waals surface area (Å²) < 4.78 is 4.63. The number of fused-ring (bicyclic) bond motifs is 16. The summed E-state index contributed by atoms with van der Waals surface area (Å²) >= 11 is 0. The van der Waals surface area contributed by atoms with Crippen LogP contribution in [0.25, 0.3) is 72.0 Å². The molecule has 0 N–H and O–H groups in total. The van der Waals surface area contributed by atoms with E-state index < -0.39 is 0 Å².